The molecule has 96 valence electrons. The van der Waals surface area contributed by atoms with Gasteiger partial charge in [0.05, 0.1) is 25.8 Å². The highest BCUT2D eigenvalue weighted by Gasteiger charge is 2.08. The number of hydrogen-bond donors (Lipinski definition) is 3. The van der Waals surface area contributed by atoms with Crippen molar-refractivity contribution in [2.75, 3.05) is 33.4 Å². The third-order valence-corrected chi connectivity index (χ3v) is 2.18. The summed E-state index contributed by atoms with van der Waals surface area (Å²) in [7, 11) is 1.56. The summed E-state index contributed by atoms with van der Waals surface area (Å²) in [5.74, 6) is 0.544. The number of rotatable bonds is 9. The van der Waals surface area contributed by atoms with Gasteiger partial charge in [-0.25, -0.2) is 0 Å². The molecule has 0 bridgehead atoms. The van der Waals surface area contributed by atoms with E-state index >= 15 is 0 Å². The minimum Gasteiger partial charge on any atom is -0.395 e. The summed E-state index contributed by atoms with van der Waals surface area (Å²) < 4.78 is 4.89. The first-order chi connectivity index (χ1) is 7.60. The lowest BCUT2D eigenvalue weighted by molar-refractivity contribution is -0.120. The van der Waals surface area contributed by atoms with Crippen LogP contribution in [0.15, 0.2) is 0 Å². The van der Waals surface area contributed by atoms with Gasteiger partial charge in [-0.15, -0.1) is 0 Å². The molecule has 0 aliphatic rings. The van der Waals surface area contributed by atoms with E-state index in [2.05, 4.69) is 24.5 Å². The van der Waals surface area contributed by atoms with Crippen molar-refractivity contribution in [2.45, 2.75) is 26.3 Å². The third kappa shape index (κ3) is 8.64. The second-order valence-corrected chi connectivity index (χ2v) is 4.25. The highest BCUT2D eigenvalue weighted by atomic mass is 16.5. The van der Waals surface area contributed by atoms with Gasteiger partial charge in [0, 0.05) is 13.7 Å². The van der Waals surface area contributed by atoms with E-state index in [0.717, 1.165) is 6.42 Å². The molecule has 16 heavy (non-hydrogen) atoms. The Bertz CT molecular complexity index is 186. The fraction of sp³-hybridized carbons (Fsp3) is 0.909. The molecule has 5 heteroatoms. The molecule has 1 atom stereocenters. The zero-order valence-electron chi connectivity index (χ0n) is 10.5. The van der Waals surface area contributed by atoms with Crippen molar-refractivity contribution in [2.24, 2.45) is 5.92 Å². The molecule has 5 nitrogen and oxygen atoms in total. The van der Waals surface area contributed by atoms with Gasteiger partial charge in [0.2, 0.25) is 5.91 Å². The van der Waals surface area contributed by atoms with Gasteiger partial charge in [0.25, 0.3) is 0 Å². The Morgan fingerprint density at radius 1 is 1.44 bits per heavy atom. The molecule has 0 aliphatic heterocycles. The van der Waals surface area contributed by atoms with Crippen molar-refractivity contribution in [1.82, 2.24) is 10.6 Å². The van der Waals surface area contributed by atoms with E-state index in [1.807, 2.05) is 0 Å². The lowest BCUT2D eigenvalue weighted by Gasteiger charge is -2.15. The number of carbonyl (C=O) groups is 1. The van der Waals surface area contributed by atoms with Gasteiger partial charge in [-0.3, -0.25) is 4.79 Å². The van der Waals surface area contributed by atoms with Gasteiger partial charge in [0.15, 0.2) is 0 Å². The topological polar surface area (TPSA) is 70.6 Å². The van der Waals surface area contributed by atoms with Crippen molar-refractivity contribution < 1.29 is 14.6 Å². The van der Waals surface area contributed by atoms with Gasteiger partial charge in [-0.1, -0.05) is 13.8 Å². The molecule has 0 spiro atoms. The van der Waals surface area contributed by atoms with E-state index in [1.165, 1.54) is 0 Å². The first-order valence-corrected chi connectivity index (χ1v) is 5.70. The fourth-order valence-electron chi connectivity index (χ4n) is 1.18. The molecule has 0 aromatic rings. The zero-order valence-corrected chi connectivity index (χ0v) is 10.5. The summed E-state index contributed by atoms with van der Waals surface area (Å²) >= 11 is 0. The summed E-state index contributed by atoms with van der Waals surface area (Å²) in [6, 6.07) is -0.180. The monoisotopic (exact) mass is 232 g/mol. The number of aliphatic hydroxyl groups excluding tert-OH is 1. The molecule has 0 heterocycles. The molecule has 0 aromatic heterocycles. The summed E-state index contributed by atoms with van der Waals surface area (Å²) in [6.07, 6.45) is 0.979. The van der Waals surface area contributed by atoms with Crippen molar-refractivity contribution in [3.63, 3.8) is 0 Å². The van der Waals surface area contributed by atoms with Crippen LogP contribution >= 0.6 is 0 Å². The second-order valence-electron chi connectivity index (χ2n) is 4.25. The molecular weight excluding hydrogens is 208 g/mol. The first kappa shape index (κ1) is 15.3. The van der Waals surface area contributed by atoms with E-state index in [1.54, 1.807) is 7.11 Å². The molecule has 1 unspecified atom stereocenters. The predicted molar refractivity (Wildman–Crippen MR) is 63.2 cm³/mol. The van der Waals surface area contributed by atoms with Gasteiger partial charge < -0.3 is 20.5 Å². The number of methoxy groups -OCH3 is 1. The van der Waals surface area contributed by atoms with E-state index in [0.29, 0.717) is 19.1 Å². The number of amides is 1. The number of aliphatic hydroxyl groups is 1. The van der Waals surface area contributed by atoms with Gasteiger partial charge >= 0.3 is 0 Å². The van der Waals surface area contributed by atoms with Gasteiger partial charge in [0.1, 0.15) is 0 Å². The zero-order chi connectivity index (χ0) is 12.4. The molecular formula is C11H24N2O3. The fourth-order valence-corrected chi connectivity index (χ4v) is 1.18. The van der Waals surface area contributed by atoms with Crippen LogP contribution in [0.2, 0.25) is 0 Å². The van der Waals surface area contributed by atoms with Crippen LogP contribution in [0.4, 0.5) is 0 Å². The number of hydrogen-bond acceptors (Lipinski definition) is 4. The summed E-state index contributed by atoms with van der Waals surface area (Å²) in [4.78, 5) is 11.4. The maximum absolute atomic E-state index is 11.4. The SMILES string of the molecule is COCC(CO)NCC(=O)NCCC(C)C. The van der Waals surface area contributed by atoms with Gasteiger partial charge in [-0.05, 0) is 12.3 Å². The molecule has 0 fully saturated rings. The van der Waals surface area contributed by atoms with Crippen LogP contribution < -0.4 is 10.6 Å². The van der Waals surface area contributed by atoms with E-state index in [4.69, 9.17) is 9.84 Å². The van der Waals surface area contributed by atoms with Crippen LogP contribution in [-0.2, 0) is 9.53 Å². The lowest BCUT2D eigenvalue weighted by atomic mass is 10.1. The van der Waals surface area contributed by atoms with Crippen molar-refractivity contribution >= 4 is 5.91 Å². The summed E-state index contributed by atoms with van der Waals surface area (Å²) in [5.41, 5.74) is 0. The van der Waals surface area contributed by atoms with Crippen LogP contribution in [0, 0.1) is 5.92 Å². The minimum absolute atomic E-state index is 0.0346. The second kappa shape index (κ2) is 9.57. The van der Waals surface area contributed by atoms with Crippen LogP contribution in [0.3, 0.4) is 0 Å². The smallest absolute Gasteiger partial charge is 0.233 e. The normalized spacial score (nSPS) is 12.8. The number of carbonyl (C=O) groups excluding carboxylic acids is 1. The average Bonchev–Trinajstić information content (AvgIpc) is 2.23. The average molecular weight is 232 g/mol. The quantitative estimate of drug-likeness (QED) is 0.512. The third-order valence-electron chi connectivity index (χ3n) is 2.18. The molecule has 1 amide bonds. The van der Waals surface area contributed by atoms with Gasteiger partial charge in [-0.2, -0.15) is 0 Å². The molecule has 0 saturated carbocycles. The Balaban J connectivity index is 3.55. The maximum Gasteiger partial charge on any atom is 0.233 e. The molecule has 0 rings (SSSR count). The van der Waals surface area contributed by atoms with Crippen molar-refractivity contribution in [3.05, 3.63) is 0 Å². The Labute approximate surface area is 97.6 Å². The molecule has 0 aromatic carbocycles. The Morgan fingerprint density at radius 2 is 2.12 bits per heavy atom. The lowest BCUT2D eigenvalue weighted by Crippen LogP contribution is -2.43. The van der Waals surface area contributed by atoms with Crippen LogP contribution in [0.25, 0.3) is 0 Å². The predicted octanol–water partition coefficient (Wildman–Crippen LogP) is -0.254. The van der Waals surface area contributed by atoms with E-state index in [-0.39, 0.29) is 25.1 Å². The van der Waals surface area contributed by atoms with Crippen molar-refractivity contribution in [1.29, 1.82) is 0 Å². The summed E-state index contributed by atoms with van der Waals surface area (Å²) in [5, 5.41) is 14.7. The Hall–Kier alpha value is -0.650. The molecule has 0 saturated heterocycles. The Kier molecular flexibility index (Phi) is 9.18. The minimum atomic E-state index is -0.180. The first-order valence-electron chi connectivity index (χ1n) is 5.70. The largest absolute Gasteiger partial charge is 0.395 e. The van der Waals surface area contributed by atoms with Crippen LogP contribution in [0.5, 0.6) is 0 Å². The van der Waals surface area contributed by atoms with Crippen LogP contribution in [0.1, 0.15) is 20.3 Å². The van der Waals surface area contributed by atoms with Crippen LogP contribution in [-0.4, -0.2) is 50.5 Å². The summed E-state index contributed by atoms with van der Waals surface area (Å²) in [6.45, 7) is 5.51. The highest BCUT2D eigenvalue weighted by Crippen LogP contribution is 1.95. The van der Waals surface area contributed by atoms with E-state index in [9.17, 15) is 4.79 Å². The molecule has 3 N–H and O–H groups in total. The number of ether oxygens (including phenoxy) is 1. The molecule has 0 aliphatic carbocycles. The van der Waals surface area contributed by atoms with Crippen molar-refractivity contribution in [3.8, 4) is 0 Å². The maximum atomic E-state index is 11.4. The van der Waals surface area contributed by atoms with E-state index < -0.39 is 0 Å². The Morgan fingerprint density at radius 3 is 2.62 bits per heavy atom. The number of nitrogens with one attached hydrogen (secondary N) is 2. The molecule has 0 radical (unpaired) electrons. The highest BCUT2D eigenvalue weighted by molar-refractivity contribution is 5.77. The standard InChI is InChI=1S/C11H24N2O3/c1-9(2)4-5-12-11(15)6-13-10(7-14)8-16-3/h9-10,13-14H,4-8H2,1-3H3,(H,12,15).